The van der Waals surface area contributed by atoms with Crippen molar-refractivity contribution in [3.63, 3.8) is 0 Å². The number of halogens is 2. The Morgan fingerprint density at radius 1 is 1.26 bits per heavy atom. The molecule has 0 fully saturated rings. The van der Waals surface area contributed by atoms with Crippen LogP contribution in [0, 0.1) is 23.3 Å². The van der Waals surface area contributed by atoms with Gasteiger partial charge < -0.3 is 4.98 Å². The number of rotatable bonds is 1. The summed E-state index contributed by atoms with van der Waals surface area (Å²) >= 11 is 5.16. The Balaban J connectivity index is 2.40. The maximum Gasteiger partial charge on any atom is 0.182 e. The van der Waals surface area contributed by atoms with E-state index in [1.54, 1.807) is 18.5 Å². The molecule has 0 spiro atoms. The summed E-state index contributed by atoms with van der Waals surface area (Å²) in [6, 6.07) is 4.00. The van der Waals surface area contributed by atoms with Gasteiger partial charge in [-0.1, -0.05) is 0 Å². The Hall–Kier alpha value is -2.08. The van der Waals surface area contributed by atoms with Gasteiger partial charge in [0.1, 0.15) is 11.6 Å². The fraction of sp³-hybridized carbons (Fsp3) is 0.0769. The van der Waals surface area contributed by atoms with E-state index in [9.17, 15) is 8.78 Å². The van der Waals surface area contributed by atoms with Crippen LogP contribution in [-0.4, -0.2) is 14.5 Å². The largest absolute Gasteiger partial charge is 0.329 e. The molecule has 0 unspecified atom stereocenters. The highest BCUT2D eigenvalue weighted by molar-refractivity contribution is 7.71. The van der Waals surface area contributed by atoms with Crippen LogP contribution >= 0.6 is 12.2 Å². The minimum atomic E-state index is -0.521. The lowest BCUT2D eigenvalue weighted by Gasteiger charge is -2.07. The fourth-order valence-electron chi connectivity index (χ4n) is 2.01. The molecule has 3 nitrogen and oxygen atoms in total. The van der Waals surface area contributed by atoms with E-state index in [0.717, 1.165) is 12.1 Å². The first kappa shape index (κ1) is 12.0. The minimum absolute atomic E-state index is 0.0885. The molecule has 0 aliphatic heterocycles. The topological polar surface area (TPSA) is 33.6 Å². The van der Waals surface area contributed by atoms with E-state index in [0.29, 0.717) is 15.8 Å². The molecule has 19 heavy (non-hydrogen) atoms. The number of hydrogen-bond acceptors (Lipinski definition) is 2. The van der Waals surface area contributed by atoms with Crippen LogP contribution in [0.4, 0.5) is 8.78 Å². The smallest absolute Gasteiger partial charge is 0.182 e. The Bertz CT molecular complexity index is 836. The number of aromatic nitrogens is 3. The van der Waals surface area contributed by atoms with Crippen LogP contribution in [0.5, 0.6) is 0 Å². The highest BCUT2D eigenvalue weighted by Gasteiger charge is 2.13. The molecule has 0 saturated carbocycles. The number of pyridine rings is 1. The molecule has 96 valence electrons. The molecular formula is C13H9F2N3S. The van der Waals surface area contributed by atoms with Crippen molar-refractivity contribution in [2.24, 2.45) is 0 Å². The number of hydrogen-bond donors (Lipinski definition) is 1. The highest BCUT2D eigenvalue weighted by Crippen LogP contribution is 2.23. The zero-order valence-electron chi connectivity index (χ0n) is 9.95. The second-order valence-corrected chi connectivity index (χ2v) is 4.60. The van der Waals surface area contributed by atoms with Gasteiger partial charge in [0, 0.05) is 12.3 Å². The minimum Gasteiger partial charge on any atom is -0.329 e. The van der Waals surface area contributed by atoms with Crippen molar-refractivity contribution in [2.45, 2.75) is 6.92 Å². The summed E-state index contributed by atoms with van der Waals surface area (Å²) in [4.78, 5) is 6.87. The summed E-state index contributed by atoms with van der Waals surface area (Å²) in [6.45, 7) is 1.51. The van der Waals surface area contributed by atoms with Crippen molar-refractivity contribution in [3.05, 3.63) is 52.6 Å². The summed E-state index contributed by atoms with van der Waals surface area (Å²) < 4.78 is 29.4. The Kier molecular flexibility index (Phi) is 2.67. The Morgan fingerprint density at radius 3 is 2.84 bits per heavy atom. The molecule has 6 heteroatoms. The first-order valence-corrected chi connectivity index (χ1v) is 5.99. The first-order chi connectivity index (χ1) is 9.08. The first-order valence-electron chi connectivity index (χ1n) is 5.58. The zero-order chi connectivity index (χ0) is 13.6. The van der Waals surface area contributed by atoms with Crippen LogP contribution in [0.25, 0.3) is 16.7 Å². The maximum atomic E-state index is 14.0. The second kappa shape index (κ2) is 4.24. The van der Waals surface area contributed by atoms with E-state index >= 15 is 0 Å². The van der Waals surface area contributed by atoms with Gasteiger partial charge in [0.05, 0.1) is 22.9 Å². The number of nitrogens with zero attached hydrogens (tertiary/aromatic N) is 2. The zero-order valence-corrected chi connectivity index (χ0v) is 10.8. The Morgan fingerprint density at radius 2 is 2.05 bits per heavy atom. The van der Waals surface area contributed by atoms with Gasteiger partial charge in [-0.15, -0.1) is 0 Å². The third-order valence-electron chi connectivity index (χ3n) is 2.95. The second-order valence-electron chi connectivity index (χ2n) is 4.21. The lowest BCUT2D eigenvalue weighted by molar-refractivity contribution is 0.586. The molecule has 3 aromatic rings. The molecule has 2 aromatic heterocycles. The average molecular weight is 277 g/mol. The molecule has 2 heterocycles. The number of H-pyrrole nitrogens is 1. The van der Waals surface area contributed by atoms with Crippen LogP contribution < -0.4 is 0 Å². The summed E-state index contributed by atoms with van der Waals surface area (Å²) in [5, 5.41) is 0. The van der Waals surface area contributed by atoms with Gasteiger partial charge in [-0.25, -0.2) is 8.78 Å². The van der Waals surface area contributed by atoms with Crippen LogP contribution in [-0.2, 0) is 0 Å². The summed E-state index contributed by atoms with van der Waals surface area (Å²) in [7, 11) is 0. The van der Waals surface area contributed by atoms with E-state index in [-0.39, 0.29) is 11.3 Å². The molecule has 1 aromatic carbocycles. The molecule has 0 atom stereocenters. The van der Waals surface area contributed by atoms with Crippen molar-refractivity contribution in [3.8, 4) is 5.69 Å². The van der Waals surface area contributed by atoms with E-state index in [1.807, 2.05) is 0 Å². The van der Waals surface area contributed by atoms with Crippen LogP contribution in [0.15, 0.2) is 30.6 Å². The van der Waals surface area contributed by atoms with Crippen molar-refractivity contribution in [1.82, 2.24) is 14.5 Å². The molecule has 3 rings (SSSR count). The van der Waals surface area contributed by atoms with Crippen molar-refractivity contribution < 1.29 is 8.78 Å². The van der Waals surface area contributed by atoms with E-state index < -0.39 is 11.6 Å². The number of imidazole rings is 1. The number of nitrogens with one attached hydrogen (secondary N) is 1. The number of fused-ring (bicyclic) bond motifs is 1. The fourth-order valence-corrected chi connectivity index (χ4v) is 2.31. The standard InChI is InChI=1S/C13H9F2N3S/c1-7-4-9(15)12(5-8(7)14)18-11-2-3-16-6-10(11)17-13(18)19/h2-6H,1H3,(H,17,19). The monoisotopic (exact) mass is 277 g/mol. The van der Waals surface area contributed by atoms with Gasteiger partial charge in [0.25, 0.3) is 0 Å². The molecule has 0 bridgehead atoms. The van der Waals surface area contributed by atoms with Crippen LogP contribution in [0.3, 0.4) is 0 Å². The van der Waals surface area contributed by atoms with Gasteiger partial charge >= 0.3 is 0 Å². The molecule has 0 amide bonds. The van der Waals surface area contributed by atoms with E-state index in [2.05, 4.69) is 9.97 Å². The van der Waals surface area contributed by atoms with E-state index in [4.69, 9.17) is 12.2 Å². The maximum absolute atomic E-state index is 14.0. The average Bonchev–Trinajstić information content (AvgIpc) is 2.70. The van der Waals surface area contributed by atoms with Crippen LogP contribution in [0.1, 0.15) is 5.56 Å². The van der Waals surface area contributed by atoms with Gasteiger partial charge in [-0.05, 0) is 36.8 Å². The number of aromatic amines is 1. The molecular weight excluding hydrogens is 268 g/mol. The predicted molar refractivity (Wildman–Crippen MR) is 70.9 cm³/mol. The Labute approximate surface area is 112 Å². The van der Waals surface area contributed by atoms with Gasteiger partial charge in [0.15, 0.2) is 4.77 Å². The molecule has 0 saturated heterocycles. The number of benzene rings is 1. The van der Waals surface area contributed by atoms with Crippen molar-refractivity contribution in [2.75, 3.05) is 0 Å². The van der Waals surface area contributed by atoms with Gasteiger partial charge in [-0.3, -0.25) is 9.55 Å². The SMILES string of the molecule is Cc1cc(F)c(-n2c(=S)[nH]c3cnccc32)cc1F. The van der Waals surface area contributed by atoms with Gasteiger partial charge in [-0.2, -0.15) is 0 Å². The summed E-state index contributed by atoms with van der Waals surface area (Å²) in [5.41, 5.74) is 1.68. The molecule has 1 N–H and O–H groups in total. The lowest BCUT2D eigenvalue weighted by Crippen LogP contribution is -2.00. The third kappa shape index (κ3) is 1.84. The summed E-state index contributed by atoms with van der Waals surface area (Å²) in [5.74, 6) is -0.991. The lowest BCUT2D eigenvalue weighted by atomic mass is 10.2. The van der Waals surface area contributed by atoms with Crippen LogP contribution in [0.2, 0.25) is 0 Å². The normalized spacial score (nSPS) is 11.1. The predicted octanol–water partition coefficient (Wildman–Crippen LogP) is 3.67. The quantitative estimate of drug-likeness (QED) is 0.688. The molecule has 0 aliphatic rings. The van der Waals surface area contributed by atoms with E-state index in [1.165, 1.54) is 11.5 Å². The van der Waals surface area contributed by atoms with Crippen molar-refractivity contribution >= 4 is 23.3 Å². The summed E-state index contributed by atoms with van der Waals surface area (Å²) in [6.07, 6.45) is 3.16. The molecule has 0 aliphatic carbocycles. The molecule has 0 radical (unpaired) electrons. The van der Waals surface area contributed by atoms with Gasteiger partial charge in [0.2, 0.25) is 0 Å². The highest BCUT2D eigenvalue weighted by atomic mass is 32.1. The number of aryl methyl sites for hydroxylation is 1. The van der Waals surface area contributed by atoms with Crippen molar-refractivity contribution in [1.29, 1.82) is 0 Å². The third-order valence-corrected chi connectivity index (χ3v) is 3.24.